The molecule has 2 aromatic carbocycles. The highest BCUT2D eigenvalue weighted by atomic mass is 35.5. The summed E-state index contributed by atoms with van der Waals surface area (Å²) in [5.74, 6) is 0.311. The van der Waals surface area contributed by atoms with Crippen LogP contribution in [0.3, 0.4) is 0 Å². The van der Waals surface area contributed by atoms with Gasteiger partial charge in [-0.05, 0) is 37.6 Å². The molecule has 108 valence electrons. The standard InChI is InChI=1S/C17H21NO.ClH/c1-14-8-6-7-11-16(14)19-17(12-13-18-2)15-9-4-3-5-10-15;/h3-11,17-18H,12-13H2,1-2H3;1H/i1D3,6D;. The van der Waals surface area contributed by atoms with E-state index in [0.717, 1.165) is 12.1 Å². The number of para-hydroxylation sites is 1. The first-order valence-corrected chi connectivity index (χ1v) is 6.39. The minimum Gasteiger partial charge on any atom is -0.485 e. The molecule has 0 saturated carbocycles. The molecule has 0 fully saturated rings. The summed E-state index contributed by atoms with van der Waals surface area (Å²) in [7, 11) is 1.87. The molecule has 1 unspecified atom stereocenters. The lowest BCUT2D eigenvalue weighted by molar-refractivity contribution is 0.193. The molecule has 3 heteroatoms. The third-order valence-electron chi connectivity index (χ3n) is 2.92. The van der Waals surface area contributed by atoms with Crippen molar-refractivity contribution in [1.82, 2.24) is 5.32 Å². The maximum atomic E-state index is 7.66. The molecule has 2 aromatic rings. The third-order valence-corrected chi connectivity index (χ3v) is 2.92. The van der Waals surface area contributed by atoms with Crippen molar-refractivity contribution in [2.24, 2.45) is 0 Å². The topological polar surface area (TPSA) is 21.3 Å². The van der Waals surface area contributed by atoms with E-state index in [0.29, 0.717) is 12.2 Å². The van der Waals surface area contributed by atoms with Crippen LogP contribution >= 0.6 is 12.4 Å². The Bertz CT molecular complexity index is 634. The van der Waals surface area contributed by atoms with Crippen molar-refractivity contribution < 1.29 is 10.2 Å². The Morgan fingerprint density at radius 2 is 2.00 bits per heavy atom. The van der Waals surface area contributed by atoms with Crippen molar-refractivity contribution in [3.8, 4) is 5.75 Å². The number of hydrogen-bond donors (Lipinski definition) is 1. The molecule has 2 nitrogen and oxygen atoms in total. The number of hydrogen-bond acceptors (Lipinski definition) is 2. The van der Waals surface area contributed by atoms with Crippen molar-refractivity contribution in [2.45, 2.75) is 19.4 Å². The molecule has 1 N–H and O–H groups in total. The van der Waals surface area contributed by atoms with Gasteiger partial charge in [-0.2, -0.15) is 0 Å². The number of benzene rings is 2. The van der Waals surface area contributed by atoms with Crippen LogP contribution < -0.4 is 10.1 Å². The Labute approximate surface area is 133 Å². The van der Waals surface area contributed by atoms with Gasteiger partial charge in [-0.15, -0.1) is 12.4 Å². The zero-order valence-electron chi connectivity index (χ0n) is 15.4. The first-order valence-electron chi connectivity index (χ1n) is 8.39. The number of halogens is 1. The Hall–Kier alpha value is -1.51. The summed E-state index contributed by atoms with van der Waals surface area (Å²) in [6.45, 7) is -1.56. The summed E-state index contributed by atoms with van der Waals surface area (Å²) < 4.78 is 36.7. The van der Waals surface area contributed by atoms with E-state index in [4.69, 9.17) is 10.2 Å². The second kappa shape index (κ2) is 8.62. The van der Waals surface area contributed by atoms with Crippen molar-refractivity contribution in [3.63, 3.8) is 0 Å². The van der Waals surface area contributed by atoms with Crippen molar-refractivity contribution >= 4 is 12.4 Å². The third kappa shape index (κ3) is 4.55. The molecule has 0 bridgehead atoms. The number of aryl methyl sites for hydroxylation is 1. The zero-order chi connectivity index (χ0) is 16.9. The fourth-order valence-corrected chi connectivity index (χ4v) is 1.91. The molecule has 0 spiro atoms. The predicted octanol–water partition coefficient (Wildman–Crippen LogP) is 4.15. The van der Waals surface area contributed by atoms with Gasteiger partial charge in [0.25, 0.3) is 0 Å². The van der Waals surface area contributed by atoms with E-state index in [-0.39, 0.29) is 30.1 Å². The van der Waals surface area contributed by atoms with Gasteiger partial charge in [0.15, 0.2) is 0 Å². The van der Waals surface area contributed by atoms with Gasteiger partial charge < -0.3 is 10.1 Å². The Kier molecular flexibility index (Phi) is 4.82. The Balaban J connectivity index is 0.00000288. The van der Waals surface area contributed by atoms with Gasteiger partial charge in [0, 0.05) is 10.5 Å². The normalized spacial score (nSPS) is 15.1. The largest absolute Gasteiger partial charge is 0.485 e. The average Bonchev–Trinajstić information content (AvgIpc) is 2.52. The van der Waals surface area contributed by atoms with Crippen LogP contribution in [0, 0.1) is 6.85 Å². The van der Waals surface area contributed by atoms with Gasteiger partial charge in [0.1, 0.15) is 11.9 Å². The molecule has 1 atom stereocenters. The van der Waals surface area contributed by atoms with Gasteiger partial charge in [-0.25, -0.2) is 0 Å². The first-order chi connectivity index (χ1) is 10.9. The SMILES string of the molecule is Cl.[2H]c1ccc(OC(CCNC)c2ccccc2)c(C([2H])([2H])[2H])c1. The highest BCUT2D eigenvalue weighted by molar-refractivity contribution is 5.85. The fourth-order valence-electron chi connectivity index (χ4n) is 1.91. The van der Waals surface area contributed by atoms with E-state index < -0.39 is 6.85 Å². The maximum Gasteiger partial charge on any atom is 0.125 e. The molecule has 0 aromatic heterocycles. The smallest absolute Gasteiger partial charge is 0.125 e. The Morgan fingerprint density at radius 3 is 2.70 bits per heavy atom. The second-order valence-electron chi connectivity index (χ2n) is 4.33. The highest BCUT2D eigenvalue weighted by Gasteiger charge is 2.13. The molecule has 20 heavy (non-hydrogen) atoms. The van der Waals surface area contributed by atoms with Crippen LogP contribution in [0.5, 0.6) is 5.75 Å². The van der Waals surface area contributed by atoms with E-state index in [1.807, 2.05) is 37.4 Å². The molecule has 0 radical (unpaired) electrons. The molecule has 0 saturated heterocycles. The lowest BCUT2D eigenvalue weighted by Crippen LogP contribution is -2.16. The van der Waals surface area contributed by atoms with Gasteiger partial charge in [0.05, 0.1) is 1.37 Å². The quantitative estimate of drug-likeness (QED) is 0.864. The maximum absolute atomic E-state index is 7.66. The lowest BCUT2D eigenvalue weighted by Gasteiger charge is -2.20. The van der Waals surface area contributed by atoms with Crippen LogP contribution in [0.2, 0.25) is 0 Å². The van der Waals surface area contributed by atoms with E-state index in [2.05, 4.69) is 5.32 Å². The monoisotopic (exact) mass is 295 g/mol. The number of rotatable bonds is 6. The minimum absolute atomic E-state index is 0. The summed E-state index contributed by atoms with van der Waals surface area (Å²) in [5, 5.41) is 3.09. The van der Waals surface area contributed by atoms with Crippen LogP contribution in [0.4, 0.5) is 0 Å². The molecule has 2 rings (SSSR count). The molecular formula is C17H22ClNO. The predicted molar refractivity (Wildman–Crippen MR) is 86.8 cm³/mol. The average molecular weight is 296 g/mol. The minimum atomic E-state index is -2.31. The van der Waals surface area contributed by atoms with E-state index in [1.165, 1.54) is 6.07 Å². The molecular weight excluding hydrogens is 270 g/mol. The van der Waals surface area contributed by atoms with Crippen LogP contribution in [0.25, 0.3) is 0 Å². The van der Waals surface area contributed by atoms with Crippen LogP contribution in [0.1, 0.15) is 29.1 Å². The van der Waals surface area contributed by atoms with Gasteiger partial charge >= 0.3 is 0 Å². The first kappa shape index (κ1) is 11.2. The summed E-state index contributed by atoms with van der Waals surface area (Å²) in [4.78, 5) is 0. The van der Waals surface area contributed by atoms with Crippen LogP contribution in [0.15, 0.2) is 54.6 Å². The van der Waals surface area contributed by atoms with Crippen LogP contribution in [-0.4, -0.2) is 13.6 Å². The summed E-state index contributed by atoms with van der Waals surface area (Å²) >= 11 is 0. The lowest BCUT2D eigenvalue weighted by atomic mass is 10.1. The number of nitrogens with one attached hydrogen (secondary N) is 1. The van der Waals surface area contributed by atoms with Crippen molar-refractivity contribution in [1.29, 1.82) is 0 Å². The van der Waals surface area contributed by atoms with E-state index in [9.17, 15) is 0 Å². The van der Waals surface area contributed by atoms with Gasteiger partial charge in [-0.3, -0.25) is 0 Å². The fraction of sp³-hybridized carbons (Fsp3) is 0.294. The van der Waals surface area contributed by atoms with E-state index >= 15 is 0 Å². The molecule has 0 aliphatic heterocycles. The summed E-state index contributed by atoms with van der Waals surface area (Å²) in [6.07, 6.45) is 0.463. The zero-order valence-corrected chi connectivity index (χ0v) is 12.2. The molecule has 0 aliphatic rings. The van der Waals surface area contributed by atoms with E-state index in [1.54, 1.807) is 12.1 Å². The number of ether oxygens (including phenoxy) is 1. The second-order valence-corrected chi connectivity index (χ2v) is 4.33. The highest BCUT2D eigenvalue weighted by Crippen LogP contribution is 2.26. The van der Waals surface area contributed by atoms with Crippen molar-refractivity contribution in [2.75, 3.05) is 13.6 Å². The van der Waals surface area contributed by atoms with Gasteiger partial charge in [0.2, 0.25) is 0 Å². The Morgan fingerprint density at radius 1 is 1.20 bits per heavy atom. The molecule has 0 amide bonds. The van der Waals surface area contributed by atoms with Gasteiger partial charge in [-0.1, -0.05) is 48.5 Å². The molecule has 0 aliphatic carbocycles. The van der Waals surface area contributed by atoms with Crippen molar-refractivity contribution in [3.05, 3.63) is 65.7 Å². The summed E-state index contributed by atoms with van der Waals surface area (Å²) in [5.41, 5.74) is 1.07. The summed E-state index contributed by atoms with van der Waals surface area (Å²) in [6, 6.07) is 14.4. The van der Waals surface area contributed by atoms with Crippen LogP contribution in [-0.2, 0) is 0 Å². The molecule has 0 heterocycles.